The topological polar surface area (TPSA) is 73.8 Å². The highest BCUT2D eigenvalue weighted by atomic mass is 15.3. The summed E-state index contributed by atoms with van der Waals surface area (Å²) in [6.45, 7) is 7.57. The molecular formula is C16H19N7. The van der Waals surface area contributed by atoms with Crippen molar-refractivity contribution in [2.75, 3.05) is 36.0 Å². The van der Waals surface area contributed by atoms with Crippen LogP contribution in [0.2, 0.25) is 0 Å². The van der Waals surface area contributed by atoms with Crippen molar-refractivity contribution in [1.82, 2.24) is 24.9 Å². The van der Waals surface area contributed by atoms with Gasteiger partial charge in [-0.25, -0.2) is 19.9 Å². The normalized spacial score (nSPS) is 15.4. The Morgan fingerprint density at radius 2 is 1.65 bits per heavy atom. The van der Waals surface area contributed by atoms with Crippen molar-refractivity contribution in [3.8, 4) is 0 Å². The summed E-state index contributed by atoms with van der Waals surface area (Å²) < 4.78 is 0. The monoisotopic (exact) mass is 309 g/mol. The molecule has 3 aromatic heterocycles. The highest BCUT2D eigenvalue weighted by Crippen LogP contribution is 2.23. The Labute approximate surface area is 134 Å². The number of aryl methyl sites for hydroxylation is 2. The van der Waals surface area contributed by atoms with Crippen LogP contribution in [0, 0.1) is 13.8 Å². The summed E-state index contributed by atoms with van der Waals surface area (Å²) in [5.74, 6) is 1.80. The molecular weight excluding hydrogens is 290 g/mol. The number of nitrogens with one attached hydrogen (secondary N) is 1. The van der Waals surface area contributed by atoms with Gasteiger partial charge in [0.1, 0.15) is 11.8 Å². The number of rotatable bonds is 2. The van der Waals surface area contributed by atoms with Crippen molar-refractivity contribution >= 4 is 22.8 Å². The molecule has 0 radical (unpaired) electrons. The maximum atomic E-state index is 4.56. The van der Waals surface area contributed by atoms with Gasteiger partial charge in [-0.1, -0.05) is 0 Å². The Kier molecular flexibility index (Phi) is 3.33. The second-order valence-electron chi connectivity index (χ2n) is 5.86. The molecule has 0 unspecified atom stereocenters. The van der Waals surface area contributed by atoms with Crippen molar-refractivity contribution in [3.05, 3.63) is 36.0 Å². The van der Waals surface area contributed by atoms with Crippen LogP contribution in [-0.4, -0.2) is 51.1 Å². The number of hydrogen-bond acceptors (Lipinski definition) is 6. The molecule has 0 amide bonds. The Balaban J connectivity index is 1.54. The van der Waals surface area contributed by atoms with Gasteiger partial charge in [0.2, 0.25) is 5.95 Å². The van der Waals surface area contributed by atoms with E-state index in [1.807, 2.05) is 32.2 Å². The highest BCUT2D eigenvalue weighted by Gasteiger charge is 2.22. The molecule has 4 heterocycles. The van der Waals surface area contributed by atoms with Gasteiger partial charge in [-0.05, 0) is 26.0 Å². The molecule has 0 spiro atoms. The molecule has 0 bridgehead atoms. The average Bonchev–Trinajstić information content (AvgIpc) is 3.02. The van der Waals surface area contributed by atoms with Gasteiger partial charge in [0.05, 0.1) is 5.52 Å². The number of anilines is 2. The standard InChI is InChI=1S/C16H19N7/c1-11-9-12(2)21-16(20-11)23-7-5-22(6-8-23)15-14-13(3-4-17-14)18-10-19-15/h3-4,9-10,17H,5-8H2,1-2H3. The zero-order chi connectivity index (χ0) is 15.8. The summed E-state index contributed by atoms with van der Waals surface area (Å²) in [6, 6.07) is 3.97. The lowest BCUT2D eigenvalue weighted by Gasteiger charge is -2.35. The highest BCUT2D eigenvalue weighted by molar-refractivity contribution is 5.85. The second-order valence-corrected chi connectivity index (χ2v) is 5.86. The minimum absolute atomic E-state index is 0.829. The van der Waals surface area contributed by atoms with Crippen LogP contribution < -0.4 is 9.80 Å². The van der Waals surface area contributed by atoms with Crippen molar-refractivity contribution in [2.24, 2.45) is 0 Å². The predicted molar refractivity (Wildman–Crippen MR) is 89.8 cm³/mol. The summed E-state index contributed by atoms with van der Waals surface area (Å²) in [6.07, 6.45) is 3.54. The molecule has 1 fully saturated rings. The van der Waals surface area contributed by atoms with E-state index in [1.54, 1.807) is 6.33 Å². The molecule has 0 aromatic carbocycles. The first-order valence-corrected chi connectivity index (χ1v) is 7.81. The van der Waals surface area contributed by atoms with Crippen LogP contribution >= 0.6 is 0 Å². The zero-order valence-electron chi connectivity index (χ0n) is 13.3. The van der Waals surface area contributed by atoms with Crippen molar-refractivity contribution in [1.29, 1.82) is 0 Å². The Hall–Kier alpha value is -2.70. The molecule has 7 nitrogen and oxygen atoms in total. The molecule has 4 rings (SSSR count). The van der Waals surface area contributed by atoms with E-state index in [2.05, 4.69) is 34.7 Å². The van der Waals surface area contributed by atoms with Gasteiger partial charge in [0.25, 0.3) is 0 Å². The Morgan fingerprint density at radius 3 is 2.39 bits per heavy atom. The molecule has 1 N–H and O–H groups in total. The smallest absolute Gasteiger partial charge is 0.225 e. The third kappa shape index (κ3) is 2.58. The summed E-state index contributed by atoms with van der Waals surface area (Å²) in [5, 5.41) is 0. The van der Waals surface area contributed by atoms with Crippen LogP contribution in [0.1, 0.15) is 11.4 Å². The lowest BCUT2D eigenvalue weighted by molar-refractivity contribution is 0.634. The molecule has 1 aliphatic heterocycles. The number of H-pyrrole nitrogens is 1. The van der Waals surface area contributed by atoms with Crippen LogP contribution in [0.4, 0.5) is 11.8 Å². The lowest BCUT2D eigenvalue weighted by Crippen LogP contribution is -2.47. The summed E-state index contributed by atoms with van der Waals surface area (Å²) in [7, 11) is 0. The van der Waals surface area contributed by atoms with Crippen LogP contribution in [0.3, 0.4) is 0 Å². The fraction of sp³-hybridized carbons (Fsp3) is 0.375. The van der Waals surface area contributed by atoms with E-state index >= 15 is 0 Å². The van der Waals surface area contributed by atoms with E-state index < -0.39 is 0 Å². The van der Waals surface area contributed by atoms with E-state index in [0.29, 0.717) is 0 Å². The molecule has 118 valence electrons. The number of hydrogen-bond donors (Lipinski definition) is 1. The number of aromatic nitrogens is 5. The van der Waals surface area contributed by atoms with E-state index in [-0.39, 0.29) is 0 Å². The first-order valence-electron chi connectivity index (χ1n) is 7.81. The van der Waals surface area contributed by atoms with Gasteiger partial charge >= 0.3 is 0 Å². The molecule has 1 saturated heterocycles. The number of nitrogens with zero attached hydrogens (tertiary/aromatic N) is 6. The summed E-state index contributed by atoms with van der Waals surface area (Å²) in [5.41, 5.74) is 3.98. The number of aromatic amines is 1. The average molecular weight is 309 g/mol. The van der Waals surface area contributed by atoms with E-state index in [4.69, 9.17) is 0 Å². The van der Waals surface area contributed by atoms with Crippen molar-refractivity contribution in [2.45, 2.75) is 13.8 Å². The quantitative estimate of drug-likeness (QED) is 0.776. The zero-order valence-corrected chi connectivity index (χ0v) is 13.3. The number of piperazine rings is 1. The SMILES string of the molecule is Cc1cc(C)nc(N2CCN(c3ncnc4cc[nH]c34)CC2)n1. The Bertz CT molecular complexity index is 813. The maximum absolute atomic E-state index is 4.56. The van der Waals surface area contributed by atoms with Crippen molar-refractivity contribution < 1.29 is 0 Å². The molecule has 0 atom stereocenters. The fourth-order valence-corrected chi connectivity index (χ4v) is 3.06. The van der Waals surface area contributed by atoms with Crippen LogP contribution in [0.25, 0.3) is 11.0 Å². The van der Waals surface area contributed by atoms with E-state index in [0.717, 1.165) is 60.4 Å². The second kappa shape index (κ2) is 5.49. The summed E-state index contributed by atoms with van der Waals surface area (Å²) in [4.78, 5) is 25.6. The largest absolute Gasteiger partial charge is 0.357 e. The molecule has 0 aliphatic carbocycles. The molecule has 3 aromatic rings. The van der Waals surface area contributed by atoms with Gasteiger partial charge in [0, 0.05) is 43.8 Å². The fourth-order valence-electron chi connectivity index (χ4n) is 3.06. The minimum Gasteiger partial charge on any atom is -0.357 e. The van der Waals surface area contributed by atoms with Gasteiger partial charge < -0.3 is 14.8 Å². The third-order valence-electron chi connectivity index (χ3n) is 4.16. The maximum Gasteiger partial charge on any atom is 0.225 e. The first-order chi connectivity index (χ1) is 11.2. The third-order valence-corrected chi connectivity index (χ3v) is 4.16. The Morgan fingerprint density at radius 1 is 0.957 bits per heavy atom. The van der Waals surface area contributed by atoms with Crippen LogP contribution in [0.5, 0.6) is 0 Å². The van der Waals surface area contributed by atoms with Crippen LogP contribution in [-0.2, 0) is 0 Å². The van der Waals surface area contributed by atoms with E-state index in [9.17, 15) is 0 Å². The molecule has 1 aliphatic rings. The lowest BCUT2D eigenvalue weighted by atomic mass is 10.3. The molecule has 7 heteroatoms. The number of fused-ring (bicyclic) bond motifs is 1. The van der Waals surface area contributed by atoms with E-state index in [1.165, 1.54) is 0 Å². The first kappa shape index (κ1) is 13.9. The predicted octanol–water partition coefficient (Wildman–Crippen LogP) is 1.69. The summed E-state index contributed by atoms with van der Waals surface area (Å²) >= 11 is 0. The molecule has 23 heavy (non-hydrogen) atoms. The van der Waals surface area contributed by atoms with Crippen molar-refractivity contribution in [3.63, 3.8) is 0 Å². The van der Waals surface area contributed by atoms with Gasteiger partial charge in [-0.3, -0.25) is 0 Å². The van der Waals surface area contributed by atoms with Gasteiger partial charge in [-0.2, -0.15) is 0 Å². The van der Waals surface area contributed by atoms with Gasteiger partial charge in [-0.15, -0.1) is 0 Å². The minimum atomic E-state index is 0.829. The van der Waals surface area contributed by atoms with Gasteiger partial charge in [0.15, 0.2) is 5.82 Å². The molecule has 0 saturated carbocycles. The van der Waals surface area contributed by atoms with Crippen LogP contribution in [0.15, 0.2) is 24.7 Å².